The van der Waals surface area contributed by atoms with Crippen LogP contribution in [0.25, 0.3) is 5.69 Å². The molecule has 32 heavy (non-hydrogen) atoms. The summed E-state index contributed by atoms with van der Waals surface area (Å²) in [6.45, 7) is 2.63. The van der Waals surface area contributed by atoms with Gasteiger partial charge in [0.2, 0.25) is 11.8 Å². The summed E-state index contributed by atoms with van der Waals surface area (Å²) in [6, 6.07) is 7.10. The molecule has 0 fully saturated rings. The van der Waals surface area contributed by atoms with E-state index in [1.165, 1.54) is 0 Å². The Bertz CT molecular complexity index is 1240. The minimum atomic E-state index is -5.87. The molecule has 0 bridgehead atoms. The van der Waals surface area contributed by atoms with Gasteiger partial charge in [-0.1, -0.05) is 0 Å². The summed E-state index contributed by atoms with van der Waals surface area (Å²) >= 11 is 0. The first-order valence-corrected chi connectivity index (χ1v) is 10.9. The van der Waals surface area contributed by atoms with Crippen LogP contribution in [-0.4, -0.2) is 51.9 Å². The lowest BCUT2D eigenvalue weighted by Gasteiger charge is -2.25. The van der Waals surface area contributed by atoms with Gasteiger partial charge in [-0.15, -0.1) is 0 Å². The zero-order chi connectivity index (χ0) is 23.1. The van der Waals surface area contributed by atoms with Gasteiger partial charge < -0.3 is 19.0 Å². The Labute approximate surface area is 182 Å². The van der Waals surface area contributed by atoms with E-state index >= 15 is 0 Å². The Morgan fingerprint density at radius 3 is 2.50 bits per heavy atom. The molecule has 2 aromatic heterocycles. The molecule has 0 radical (unpaired) electrons. The minimum Gasteiger partial charge on any atom is -0.355 e. The molecular weight excluding hydrogens is 449 g/mol. The third kappa shape index (κ3) is 4.39. The van der Waals surface area contributed by atoms with Gasteiger partial charge in [0.05, 0.1) is 11.3 Å². The number of halogens is 3. The number of rotatable bonds is 5. The molecule has 9 nitrogen and oxygen atoms in total. The molecule has 3 aromatic rings. The molecule has 0 amide bonds. The number of aromatic nitrogens is 4. The van der Waals surface area contributed by atoms with Gasteiger partial charge >= 0.3 is 15.6 Å². The fourth-order valence-electron chi connectivity index (χ4n) is 3.28. The molecule has 1 N–H and O–H groups in total. The predicted octanol–water partition coefficient (Wildman–Crippen LogP) is 2.93. The van der Waals surface area contributed by atoms with Crippen LogP contribution in [0, 0.1) is 6.92 Å². The van der Waals surface area contributed by atoms with Gasteiger partial charge in [-0.25, -0.2) is 9.97 Å². The molecule has 1 aromatic carbocycles. The Morgan fingerprint density at radius 2 is 1.88 bits per heavy atom. The van der Waals surface area contributed by atoms with Gasteiger partial charge in [0, 0.05) is 43.3 Å². The molecule has 0 saturated carbocycles. The molecule has 0 aliphatic carbocycles. The average molecular weight is 468 g/mol. The van der Waals surface area contributed by atoms with Crippen molar-refractivity contribution >= 4 is 21.8 Å². The van der Waals surface area contributed by atoms with Crippen LogP contribution in [0.15, 0.2) is 36.7 Å². The zero-order valence-electron chi connectivity index (χ0n) is 17.1. The van der Waals surface area contributed by atoms with Gasteiger partial charge in [-0.2, -0.15) is 26.6 Å². The number of fused-ring (bicyclic) bond motifs is 1. The van der Waals surface area contributed by atoms with Crippen molar-refractivity contribution in [2.45, 2.75) is 25.4 Å². The first-order valence-electron chi connectivity index (χ1n) is 9.50. The van der Waals surface area contributed by atoms with Crippen LogP contribution in [0.1, 0.15) is 17.1 Å². The maximum Gasteiger partial charge on any atom is 0.534 e. The van der Waals surface area contributed by atoms with E-state index in [4.69, 9.17) is 0 Å². The number of anilines is 2. The highest BCUT2D eigenvalue weighted by molar-refractivity contribution is 7.87. The van der Waals surface area contributed by atoms with Crippen molar-refractivity contribution in [3.63, 3.8) is 0 Å². The highest BCUT2D eigenvalue weighted by Gasteiger charge is 2.49. The van der Waals surface area contributed by atoms with E-state index in [-0.39, 0.29) is 18.1 Å². The van der Waals surface area contributed by atoms with E-state index in [2.05, 4.69) is 24.5 Å². The van der Waals surface area contributed by atoms with Crippen LogP contribution < -0.4 is 9.50 Å². The van der Waals surface area contributed by atoms with Crippen LogP contribution in [0.5, 0.6) is 5.88 Å². The molecule has 1 aliphatic heterocycles. The van der Waals surface area contributed by atoms with E-state index in [9.17, 15) is 21.6 Å². The first-order chi connectivity index (χ1) is 15.0. The van der Waals surface area contributed by atoms with E-state index in [1.54, 1.807) is 25.4 Å². The second kappa shape index (κ2) is 8.06. The fourth-order valence-corrected chi connectivity index (χ4v) is 3.72. The fraction of sp³-hybridized carbons (Fsp3) is 0.316. The number of hydrogen-bond donors (Lipinski definition) is 1. The van der Waals surface area contributed by atoms with Crippen LogP contribution in [0.4, 0.5) is 24.8 Å². The Morgan fingerprint density at radius 1 is 1.16 bits per heavy atom. The molecule has 0 spiro atoms. The van der Waals surface area contributed by atoms with Crippen LogP contribution in [-0.2, 0) is 23.1 Å². The van der Waals surface area contributed by atoms with Crippen molar-refractivity contribution in [2.75, 3.05) is 18.9 Å². The lowest BCUT2D eigenvalue weighted by atomic mass is 10.1. The van der Waals surface area contributed by atoms with Crippen molar-refractivity contribution in [1.29, 1.82) is 0 Å². The molecule has 4 rings (SSSR count). The third-order valence-corrected chi connectivity index (χ3v) is 5.86. The monoisotopic (exact) mass is 468 g/mol. The van der Waals surface area contributed by atoms with Gasteiger partial charge in [0.1, 0.15) is 5.82 Å². The molecule has 3 heterocycles. The van der Waals surface area contributed by atoms with Crippen LogP contribution in [0.2, 0.25) is 0 Å². The summed E-state index contributed by atoms with van der Waals surface area (Å²) in [5.41, 5.74) is -3.51. The van der Waals surface area contributed by atoms with Crippen LogP contribution in [0.3, 0.4) is 0 Å². The topological polar surface area (TPSA) is 102 Å². The number of benzene rings is 1. The van der Waals surface area contributed by atoms with Crippen LogP contribution >= 0.6 is 0 Å². The molecule has 1 aliphatic rings. The van der Waals surface area contributed by atoms with Gasteiger partial charge in [0.25, 0.3) is 0 Å². The molecular formula is C19H19F3N6O3S. The first kappa shape index (κ1) is 22.0. The van der Waals surface area contributed by atoms with E-state index in [0.717, 1.165) is 11.5 Å². The predicted molar refractivity (Wildman–Crippen MR) is 109 cm³/mol. The molecule has 0 saturated heterocycles. The van der Waals surface area contributed by atoms with Crippen molar-refractivity contribution < 1.29 is 25.8 Å². The van der Waals surface area contributed by atoms with E-state index < -0.39 is 21.5 Å². The van der Waals surface area contributed by atoms with E-state index in [1.807, 2.05) is 34.7 Å². The number of imidazole rings is 1. The third-order valence-electron chi connectivity index (χ3n) is 4.91. The summed E-state index contributed by atoms with van der Waals surface area (Å²) in [5.74, 6) is 0.112. The normalized spacial score (nSPS) is 14.8. The summed E-state index contributed by atoms with van der Waals surface area (Å²) in [6.07, 6.45) is 3.90. The lowest BCUT2D eigenvalue weighted by molar-refractivity contribution is -0.0501. The number of likely N-dealkylation sites (N-methyl/N-ethyl adjacent to an activating group) is 1. The quantitative estimate of drug-likeness (QED) is 0.451. The number of nitrogens with one attached hydrogen (secondary N) is 1. The molecule has 0 atom stereocenters. The second-order valence-electron chi connectivity index (χ2n) is 7.26. The second-order valence-corrected chi connectivity index (χ2v) is 8.80. The SMILES string of the molecule is Cc1nccn1-c1ccc(Nc2nc3c(c(OS(=O)(=O)C(F)(F)F)n2)CN(C)CC3)cc1. The minimum absolute atomic E-state index is 0.0627. The number of alkyl halides is 3. The molecule has 0 unspecified atom stereocenters. The summed E-state index contributed by atoms with van der Waals surface area (Å²) in [4.78, 5) is 14.3. The van der Waals surface area contributed by atoms with Crippen molar-refractivity contribution in [3.05, 3.63) is 53.7 Å². The van der Waals surface area contributed by atoms with E-state index in [0.29, 0.717) is 24.3 Å². The summed E-state index contributed by atoms with van der Waals surface area (Å²) < 4.78 is 68.1. The smallest absolute Gasteiger partial charge is 0.355 e. The standard InChI is InChI=1S/C19H19F3N6O3S/c1-12-23-8-10-28(12)14-5-3-13(4-6-14)24-18-25-16-7-9-27(2)11-15(16)17(26-18)31-32(29,30)19(20,21)22/h3-6,8,10H,7,9,11H2,1-2H3,(H,24,25,26). The average Bonchev–Trinajstić information content (AvgIpc) is 3.14. The Balaban J connectivity index is 1.65. The molecule has 13 heteroatoms. The largest absolute Gasteiger partial charge is 0.534 e. The Hall–Kier alpha value is -3.19. The summed E-state index contributed by atoms with van der Waals surface area (Å²) in [5, 5.41) is 2.90. The highest BCUT2D eigenvalue weighted by Crippen LogP contribution is 2.32. The van der Waals surface area contributed by atoms with Crippen molar-refractivity contribution in [3.8, 4) is 11.6 Å². The van der Waals surface area contributed by atoms with Gasteiger partial charge in [0.15, 0.2) is 0 Å². The number of aryl methyl sites for hydroxylation is 1. The maximum absolute atomic E-state index is 12.9. The van der Waals surface area contributed by atoms with Crippen molar-refractivity contribution in [2.24, 2.45) is 0 Å². The summed E-state index contributed by atoms with van der Waals surface area (Å²) in [7, 11) is -4.12. The lowest BCUT2D eigenvalue weighted by Crippen LogP contribution is -2.32. The number of hydrogen-bond acceptors (Lipinski definition) is 8. The highest BCUT2D eigenvalue weighted by atomic mass is 32.2. The molecule has 170 valence electrons. The number of nitrogens with zero attached hydrogens (tertiary/aromatic N) is 5. The van der Waals surface area contributed by atoms with Gasteiger partial charge in [-0.3, -0.25) is 0 Å². The Kier molecular flexibility index (Phi) is 5.54. The van der Waals surface area contributed by atoms with Gasteiger partial charge in [-0.05, 0) is 38.2 Å². The van der Waals surface area contributed by atoms with Crippen molar-refractivity contribution in [1.82, 2.24) is 24.4 Å². The maximum atomic E-state index is 12.9. The zero-order valence-corrected chi connectivity index (χ0v) is 17.9.